The van der Waals surface area contributed by atoms with Crippen LogP contribution in [0.1, 0.15) is 63.7 Å². The molecule has 0 radical (unpaired) electrons. The van der Waals surface area contributed by atoms with Gasteiger partial charge in [0.1, 0.15) is 31.0 Å². The van der Waals surface area contributed by atoms with E-state index in [9.17, 15) is 24.0 Å². The molecule has 1 saturated heterocycles. The summed E-state index contributed by atoms with van der Waals surface area (Å²) in [7, 11) is 1.64. The normalized spacial score (nSPS) is 12.8. The van der Waals surface area contributed by atoms with Crippen LogP contribution in [0.25, 0.3) is 33.4 Å². The zero-order valence-electron chi connectivity index (χ0n) is 29.9. The molecule has 2 aromatic carbocycles. The highest BCUT2D eigenvalue weighted by Gasteiger charge is 2.33. The summed E-state index contributed by atoms with van der Waals surface area (Å²) < 4.78 is 14.1. The maximum absolute atomic E-state index is 14.0. The minimum atomic E-state index is -0.887. The number of nitrogens with zero attached hydrogens (tertiary/aromatic N) is 4. The Morgan fingerprint density at radius 2 is 1.53 bits per heavy atom. The number of fused-ring (bicyclic) bond motifs is 2. The number of esters is 1. The zero-order chi connectivity index (χ0) is 36.7. The van der Waals surface area contributed by atoms with Crippen molar-refractivity contribution in [2.75, 3.05) is 51.3 Å². The lowest BCUT2D eigenvalue weighted by Crippen LogP contribution is -2.32. The van der Waals surface area contributed by atoms with Gasteiger partial charge >= 0.3 is 11.9 Å². The van der Waals surface area contributed by atoms with Crippen molar-refractivity contribution in [2.45, 2.75) is 53.4 Å². The standard InChI is InChI=1S/C39H45N4O8/c1-6-41(7-2)26-14-16-30-32(24-26)50-33-25-27(42(8-3)9-4)15-17-31(33)38(30)28-12-10-11-13-29(28)39(48)40(5)22-23-49-36(46)20-21-37(47)51-43-34(44)18-19-35(43)45/h10-17,24-25H,6-9,18-23H2,1-5H3/q+1. The van der Waals surface area contributed by atoms with E-state index in [1.54, 1.807) is 13.1 Å². The van der Waals surface area contributed by atoms with Gasteiger partial charge in [-0.15, -0.1) is 5.06 Å². The molecule has 1 fully saturated rings. The van der Waals surface area contributed by atoms with E-state index in [1.807, 2.05) is 18.2 Å². The van der Waals surface area contributed by atoms with Gasteiger partial charge < -0.3 is 23.8 Å². The molecule has 0 unspecified atom stereocenters. The molecular formula is C39H45N4O8+. The number of imide groups is 1. The van der Waals surface area contributed by atoms with Crippen molar-refractivity contribution in [2.24, 2.45) is 0 Å². The molecule has 0 spiro atoms. The van der Waals surface area contributed by atoms with Gasteiger partial charge in [0, 0.05) is 72.9 Å². The van der Waals surface area contributed by atoms with Crippen LogP contribution in [-0.4, -0.2) is 86.0 Å². The topological polar surface area (TPSA) is 130 Å². The highest BCUT2D eigenvalue weighted by atomic mass is 16.7. The zero-order valence-corrected chi connectivity index (χ0v) is 29.9. The molecule has 3 amide bonds. The summed E-state index contributed by atoms with van der Waals surface area (Å²) in [5.41, 5.74) is 4.75. The van der Waals surface area contributed by atoms with Gasteiger partial charge in [-0.3, -0.25) is 19.2 Å². The number of ether oxygens (including phenoxy) is 1. The van der Waals surface area contributed by atoms with Gasteiger partial charge in [0.25, 0.3) is 17.7 Å². The van der Waals surface area contributed by atoms with Crippen LogP contribution in [0.15, 0.2) is 65.1 Å². The molecule has 0 bridgehead atoms. The first-order valence-corrected chi connectivity index (χ1v) is 17.5. The molecule has 0 saturated carbocycles. The lowest BCUT2D eigenvalue weighted by molar-refractivity contribution is -0.197. The van der Waals surface area contributed by atoms with Crippen molar-refractivity contribution >= 4 is 46.3 Å². The van der Waals surface area contributed by atoms with Crippen LogP contribution in [-0.2, 0) is 28.8 Å². The lowest BCUT2D eigenvalue weighted by atomic mass is 9.90. The molecule has 2 aliphatic heterocycles. The van der Waals surface area contributed by atoms with E-state index in [0.717, 1.165) is 59.3 Å². The van der Waals surface area contributed by atoms with Crippen molar-refractivity contribution in [3.8, 4) is 22.5 Å². The van der Waals surface area contributed by atoms with Gasteiger partial charge in [0.05, 0.1) is 25.5 Å². The highest BCUT2D eigenvalue weighted by Crippen LogP contribution is 2.42. The van der Waals surface area contributed by atoms with E-state index in [-0.39, 0.29) is 44.7 Å². The van der Waals surface area contributed by atoms with Crippen molar-refractivity contribution in [3.63, 3.8) is 0 Å². The average molecular weight is 698 g/mol. The van der Waals surface area contributed by atoms with Gasteiger partial charge in [-0.05, 0) is 57.5 Å². The van der Waals surface area contributed by atoms with Gasteiger partial charge in [-0.1, -0.05) is 18.2 Å². The number of hydrogen-bond acceptors (Lipinski definition) is 9. The maximum atomic E-state index is 14.0. The molecule has 268 valence electrons. The Morgan fingerprint density at radius 3 is 2.22 bits per heavy atom. The molecule has 12 nitrogen and oxygen atoms in total. The van der Waals surface area contributed by atoms with Crippen LogP contribution >= 0.6 is 0 Å². The minimum Gasteiger partial charge on any atom is -0.464 e. The van der Waals surface area contributed by atoms with E-state index in [2.05, 4.69) is 73.6 Å². The Labute approximate surface area is 297 Å². The number of anilines is 1. The molecule has 2 aromatic rings. The fourth-order valence-electron chi connectivity index (χ4n) is 6.30. The predicted octanol–water partition coefficient (Wildman–Crippen LogP) is 4.87. The van der Waals surface area contributed by atoms with Gasteiger partial charge in [-0.2, -0.15) is 0 Å². The smallest absolute Gasteiger partial charge is 0.333 e. The van der Waals surface area contributed by atoms with Crippen molar-refractivity contribution in [3.05, 3.63) is 71.6 Å². The molecule has 2 heterocycles. The summed E-state index contributed by atoms with van der Waals surface area (Å²) in [6.45, 7) is 11.9. The van der Waals surface area contributed by atoms with Crippen molar-refractivity contribution < 1.29 is 38.0 Å². The second-order valence-corrected chi connectivity index (χ2v) is 12.2. The Balaban J connectivity index is 1.38. The summed E-state index contributed by atoms with van der Waals surface area (Å²) >= 11 is 0. The van der Waals surface area contributed by atoms with E-state index >= 15 is 0 Å². The molecule has 1 aliphatic carbocycles. The third-order valence-electron chi connectivity index (χ3n) is 9.14. The monoisotopic (exact) mass is 697 g/mol. The summed E-state index contributed by atoms with van der Waals surface area (Å²) in [4.78, 5) is 70.2. The van der Waals surface area contributed by atoms with E-state index in [1.165, 1.54) is 4.90 Å². The number of carbonyl (C=O) groups is 5. The molecule has 51 heavy (non-hydrogen) atoms. The number of carbonyl (C=O) groups excluding carboxylic acids is 5. The van der Waals surface area contributed by atoms with Crippen LogP contribution in [0.4, 0.5) is 5.69 Å². The molecule has 0 N–H and O–H groups in total. The van der Waals surface area contributed by atoms with Gasteiger partial charge in [0.15, 0.2) is 0 Å². The Kier molecular flexibility index (Phi) is 11.9. The number of rotatable bonds is 14. The Morgan fingerprint density at radius 1 is 0.843 bits per heavy atom. The summed E-state index contributed by atoms with van der Waals surface area (Å²) in [5.74, 6) is -2.30. The fraction of sp³-hybridized carbons (Fsp3) is 0.385. The van der Waals surface area contributed by atoms with Gasteiger partial charge in [-0.25, -0.2) is 9.37 Å². The minimum absolute atomic E-state index is 0.0191. The fourth-order valence-corrected chi connectivity index (χ4v) is 6.30. The summed E-state index contributed by atoms with van der Waals surface area (Å²) in [5, 5.41) is 2.37. The van der Waals surface area contributed by atoms with Crippen LogP contribution in [0.3, 0.4) is 0 Å². The molecular weight excluding hydrogens is 652 g/mol. The maximum Gasteiger partial charge on any atom is 0.333 e. The van der Waals surface area contributed by atoms with Crippen molar-refractivity contribution in [1.29, 1.82) is 0 Å². The molecule has 5 rings (SSSR count). The summed E-state index contributed by atoms with van der Waals surface area (Å²) in [6, 6.07) is 19.9. The van der Waals surface area contributed by atoms with E-state index in [0.29, 0.717) is 22.0 Å². The first kappa shape index (κ1) is 36.8. The largest absolute Gasteiger partial charge is 0.464 e. The predicted molar refractivity (Wildman–Crippen MR) is 193 cm³/mol. The second-order valence-electron chi connectivity index (χ2n) is 12.2. The van der Waals surface area contributed by atoms with Crippen LogP contribution in [0.2, 0.25) is 0 Å². The van der Waals surface area contributed by atoms with E-state index in [4.69, 9.17) is 14.0 Å². The van der Waals surface area contributed by atoms with Crippen molar-refractivity contribution in [1.82, 2.24) is 14.5 Å². The van der Waals surface area contributed by atoms with E-state index < -0.39 is 23.8 Å². The first-order chi connectivity index (χ1) is 24.6. The number of likely N-dealkylation sites (N-methyl/N-ethyl adjacent to an activating group) is 1. The number of amides is 3. The molecule has 0 aromatic heterocycles. The molecule has 12 heteroatoms. The molecule has 3 aliphatic rings. The van der Waals surface area contributed by atoms with Gasteiger partial charge in [0.2, 0.25) is 5.36 Å². The number of hydroxylamine groups is 2. The third-order valence-corrected chi connectivity index (χ3v) is 9.14. The van der Waals surface area contributed by atoms with Crippen LogP contribution in [0, 0.1) is 0 Å². The second kappa shape index (κ2) is 16.5. The SMILES string of the molecule is CCN(CC)c1ccc2c(-c3ccccc3C(=O)N(C)CCOC(=O)CCC(=O)ON3C(=O)CCC3=O)c3ccc(=[N+](CC)CC)cc-3oc2c1. The molecule has 0 atom stereocenters. The average Bonchev–Trinajstić information content (AvgIpc) is 3.45. The number of hydrogen-bond donors (Lipinski definition) is 0. The Bertz CT molecular complexity index is 1970. The highest BCUT2D eigenvalue weighted by molar-refractivity contribution is 6.09. The van der Waals surface area contributed by atoms with Crippen LogP contribution < -0.4 is 14.8 Å². The quantitative estimate of drug-likeness (QED) is 0.0785. The first-order valence-electron chi connectivity index (χ1n) is 17.5. The third kappa shape index (κ3) is 8.11. The Hall–Kier alpha value is -5.52. The lowest BCUT2D eigenvalue weighted by Gasteiger charge is -2.23. The number of benzene rings is 3. The van der Waals surface area contributed by atoms with Crippen LogP contribution in [0.5, 0.6) is 0 Å². The summed E-state index contributed by atoms with van der Waals surface area (Å²) in [6.07, 6.45) is -0.708.